The number of carboxylic acid groups (broad SMARTS) is 1. The van der Waals surface area contributed by atoms with E-state index in [0.717, 1.165) is 22.3 Å². The molecule has 4 N–H and O–H groups in total. The number of carbonyl (C=O) groups is 2. The molecule has 0 unspecified atom stereocenters. The SMILES string of the molecule is CC1(C)c2ccccc2-c2ccc(C(=O)Nc3c(Cl)cccc3C#N)cc21.CC1(C)c2ccccc2-c2ccc(C(=O)O)cc21.N#Cc1cccc(Cl)c1N. The van der Waals surface area contributed by atoms with E-state index in [9.17, 15) is 14.9 Å². The first-order chi connectivity index (χ1) is 26.2. The molecule has 55 heavy (non-hydrogen) atoms. The number of nitrogens with one attached hydrogen (secondary N) is 1. The highest BCUT2D eigenvalue weighted by Crippen LogP contribution is 2.50. The molecule has 8 rings (SSSR count). The zero-order valence-electron chi connectivity index (χ0n) is 30.5. The third-order valence-electron chi connectivity index (χ3n) is 10.2. The van der Waals surface area contributed by atoms with Crippen LogP contribution in [0.25, 0.3) is 22.3 Å². The molecule has 0 aromatic heterocycles. The molecule has 0 spiro atoms. The molecule has 7 nitrogen and oxygen atoms in total. The summed E-state index contributed by atoms with van der Waals surface area (Å²) in [5.41, 5.74) is 17.0. The fourth-order valence-electron chi connectivity index (χ4n) is 7.25. The highest BCUT2D eigenvalue weighted by Gasteiger charge is 2.36. The Morgan fingerprint density at radius 3 is 1.56 bits per heavy atom. The summed E-state index contributed by atoms with van der Waals surface area (Å²) in [4.78, 5) is 23.9. The number of carboxylic acids is 1. The molecule has 0 saturated heterocycles. The number of nitrogens with two attached hydrogens (primary N) is 1. The maximum absolute atomic E-state index is 12.8. The van der Waals surface area contributed by atoms with Gasteiger partial charge in [-0.2, -0.15) is 10.5 Å². The number of benzene rings is 6. The summed E-state index contributed by atoms with van der Waals surface area (Å²) in [5.74, 6) is -1.15. The molecule has 0 fully saturated rings. The second kappa shape index (κ2) is 15.2. The Morgan fingerprint density at radius 2 is 1.05 bits per heavy atom. The molecular formula is C46H36Cl2N4O3. The topological polar surface area (TPSA) is 140 Å². The lowest BCUT2D eigenvalue weighted by molar-refractivity contribution is 0.0696. The number of para-hydroxylation sites is 2. The van der Waals surface area contributed by atoms with Crippen molar-refractivity contribution in [1.29, 1.82) is 10.5 Å². The Morgan fingerprint density at radius 1 is 0.600 bits per heavy atom. The minimum Gasteiger partial charge on any atom is -0.478 e. The monoisotopic (exact) mass is 762 g/mol. The predicted octanol–water partition coefficient (Wildman–Crippen LogP) is 11.3. The molecule has 9 heteroatoms. The van der Waals surface area contributed by atoms with E-state index in [0.29, 0.717) is 43.7 Å². The number of hydrogen-bond donors (Lipinski definition) is 3. The smallest absolute Gasteiger partial charge is 0.335 e. The molecule has 0 bridgehead atoms. The summed E-state index contributed by atoms with van der Waals surface area (Å²) in [6.07, 6.45) is 0. The minimum absolute atomic E-state index is 0.128. The third kappa shape index (κ3) is 7.16. The lowest BCUT2D eigenvalue weighted by Gasteiger charge is -2.21. The van der Waals surface area contributed by atoms with E-state index in [-0.39, 0.29) is 16.7 Å². The second-order valence-corrected chi connectivity index (χ2v) is 15.0. The summed E-state index contributed by atoms with van der Waals surface area (Å²) in [5, 5.41) is 30.4. The first-order valence-electron chi connectivity index (χ1n) is 17.4. The van der Waals surface area contributed by atoms with Gasteiger partial charge in [0, 0.05) is 16.4 Å². The van der Waals surface area contributed by atoms with E-state index in [1.54, 1.807) is 48.5 Å². The quantitative estimate of drug-likeness (QED) is 0.153. The van der Waals surface area contributed by atoms with Crippen LogP contribution in [0.2, 0.25) is 10.0 Å². The Labute approximate surface area is 330 Å². The van der Waals surface area contributed by atoms with Gasteiger partial charge < -0.3 is 16.2 Å². The largest absolute Gasteiger partial charge is 0.478 e. The summed E-state index contributed by atoms with van der Waals surface area (Å²) in [6, 6.07) is 41.7. The van der Waals surface area contributed by atoms with Crippen molar-refractivity contribution in [3.63, 3.8) is 0 Å². The predicted molar refractivity (Wildman–Crippen MR) is 220 cm³/mol. The number of nitrogens with zero attached hydrogens (tertiary/aromatic N) is 2. The van der Waals surface area contributed by atoms with Gasteiger partial charge in [-0.1, -0.05) is 124 Å². The highest BCUT2D eigenvalue weighted by atomic mass is 35.5. The van der Waals surface area contributed by atoms with E-state index in [2.05, 4.69) is 63.3 Å². The van der Waals surface area contributed by atoms with Gasteiger partial charge in [0.25, 0.3) is 5.91 Å². The number of halogens is 2. The molecule has 6 aromatic carbocycles. The van der Waals surface area contributed by atoms with Crippen molar-refractivity contribution in [3.05, 3.63) is 176 Å². The van der Waals surface area contributed by atoms with Crippen molar-refractivity contribution in [2.45, 2.75) is 38.5 Å². The van der Waals surface area contributed by atoms with E-state index in [1.165, 1.54) is 22.3 Å². The average molecular weight is 764 g/mol. The highest BCUT2D eigenvalue weighted by molar-refractivity contribution is 6.34. The van der Waals surface area contributed by atoms with Crippen LogP contribution in [0, 0.1) is 22.7 Å². The molecule has 272 valence electrons. The van der Waals surface area contributed by atoms with Crippen LogP contribution in [0.1, 0.15) is 81.8 Å². The summed E-state index contributed by atoms with van der Waals surface area (Å²) in [7, 11) is 0. The van der Waals surface area contributed by atoms with Gasteiger partial charge in [0.1, 0.15) is 12.1 Å². The lowest BCUT2D eigenvalue weighted by Crippen LogP contribution is -2.17. The number of anilines is 2. The van der Waals surface area contributed by atoms with Crippen LogP contribution in [0.5, 0.6) is 0 Å². The van der Waals surface area contributed by atoms with Crippen LogP contribution in [-0.2, 0) is 10.8 Å². The van der Waals surface area contributed by atoms with Gasteiger partial charge >= 0.3 is 5.97 Å². The van der Waals surface area contributed by atoms with Gasteiger partial charge in [-0.15, -0.1) is 0 Å². The maximum atomic E-state index is 12.8. The maximum Gasteiger partial charge on any atom is 0.335 e. The minimum atomic E-state index is -0.871. The van der Waals surface area contributed by atoms with Crippen LogP contribution in [-0.4, -0.2) is 17.0 Å². The lowest BCUT2D eigenvalue weighted by atomic mass is 9.82. The van der Waals surface area contributed by atoms with Crippen LogP contribution < -0.4 is 11.1 Å². The fourth-order valence-corrected chi connectivity index (χ4v) is 7.64. The summed E-state index contributed by atoms with van der Waals surface area (Å²) >= 11 is 11.8. The number of hydrogen-bond acceptors (Lipinski definition) is 5. The van der Waals surface area contributed by atoms with Crippen LogP contribution in [0.15, 0.2) is 121 Å². The number of rotatable bonds is 3. The van der Waals surface area contributed by atoms with E-state index in [1.807, 2.05) is 54.6 Å². The van der Waals surface area contributed by atoms with Crippen molar-refractivity contribution in [2.24, 2.45) is 0 Å². The van der Waals surface area contributed by atoms with E-state index < -0.39 is 5.97 Å². The first-order valence-corrected chi connectivity index (χ1v) is 18.1. The van der Waals surface area contributed by atoms with Crippen molar-refractivity contribution in [1.82, 2.24) is 0 Å². The summed E-state index contributed by atoms with van der Waals surface area (Å²) in [6.45, 7) is 8.62. The average Bonchev–Trinajstić information content (AvgIpc) is 3.56. The Balaban J connectivity index is 0.000000157. The van der Waals surface area contributed by atoms with Gasteiger partial charge in [0.2, 0.25) is 0 Å². The molecule has 0 heterocycles. The number of nitrogen functional groups attached to an aromatic ring is 1. The Bertz CT molecular complexity index is 2600. The number of amides is 1. The van der Waals surface area contributed by atoms with Crippen LogP contribution in [0.4, 0.5) is 11.4 Å². The van der Waals surface area contributed by atoms with Crippen molar-refractivity contribution >= 4 is 46.5 Å². The Kier molecular flexibility index (Phi) is 10.6. The molecule has 0 saturated carbocycles. The molecule has 1 amide bonds. The molecule has 0 atom stereocenters. The van der Waals surface area contributed by atoms with Crippen molar-refractivity contribution < 1.29 is 14.7 Å². The number of carbonyl (C=O) groups excluding carboxylic acids is 1. The van der Waals surface area contributed by atoms with Gasteiger partial charge in [0.15, 0.2) is 0 Å². The molecule has 0 radical (unpaired) electrons. The van der Waals surface area contributed by atoms with Crippen LogP contribution in [0.3, 0.4) is 0 Å². The number of nitriles is 2. The first kappa shape index (κ1) is 38.3. The molecule has 2 aliphatic rings. The molecule has 0 aliphatic heterocycles. The van der Waals surface area contributed by atoms with Gasteiger partial charge in [0.05, 0.1) is 38.1 Å². The van der Waals surface area contributed by atoms with Crippen molar-refractivity contribution in [3.8, 4) is 34.4 Å². The normalized spacial score (nSPS) is 13.1. The number of aromatic carboxylic acids is 1. The van der Waals surface area contributed by atoms with Crippen LogP contribution >= 0.6 is 23.2 Å². The molecule has 6 aromatic rings. The van der Waals surface area contributed by atoms with E-state index in [4.69, 9.17) is 39.3 Å². The van der Waals surface area contributed by atoms with Gasteiger partial charge in [-0.25, -0.2) is 4.79 Å². The number of fused-ring (bicyclic) bond motifs is 6. The third-order valence-corrected chi connectivity index (χ3v) is 10.9. The fraction of sp³-hybridized carbons (Fsp3) is 0.130. The van der Waals surface area contributed by atoms with E-state index >= 15 is 0 Å². The zero-order valence-corrected chi connectivity index (χ0v) is 32.1. The zero-order chi connectivity index (χ0) is 39.7. The molecular weight excluding hydrogens is 727 g/mol. The summed E-state index contributed by atoms with van der Waals surface area (Å²) < 4.78 is 0. The van der Waals surface area contributed by atoms with Crippen molar-refractivity contribution in [2.75, 3.05) is 11.1 Å². The van der Waals surface area contributed by atoms with Gasteiger partial charge in [-0.05, 0) is 93.0 Å². The molecule has 2 aliphatic carbocycles. The Hall–Kier alpha value is -6.38. The standard InChI is InChI=1S/C23H17ClN2O.C16H14O2.C7H5ClN2/c1-23(2)18-8-4-3-7-16(18)17-11-10-14(12-19(17)23)22(27)26-21-15(13-25)6-5-9-20(21)24;1-16(2)13-6-4-3-5-11(13)12-8-7-10(15(17)18)9-14(12)16;8-6-3-1-2-5(4-9)7(6)10/h3-12H,1-2H3,(H,26,27);3-9H,1-2H3,(H,17,18);1-3H,10H2. The second-order valence-electron chi connectivity index (χ2n) is 14.2. The van der Waals surface area contributed by atoms with Gasteiger partial charge in [-0.3, -0.25) is 4.79 Å².